The predicted octanol–water partition coefficient (Wildman–Crippen LogP) is 4.03. The molecule has 0 unspecified atom stereocenters. The highest BCUT2D eigenvalue weighted by Gasteiger charge is 2.05. The summed E-state index contributed by atoms with van der Waals surface area (Å²) in [4.78, 5) is 16.2. The summed E-state index contributed by atoms with van der Waals surface area (Å²) >= 11 is 3.19. The molecule has 5 heteroatoms. The number of pyridine rings is 1. The molecule has 0 spiro atoms. The molecule has 0 saturated heterocycles. The number of nitrogens with zero attached hydrogens (tertiary/aromatic N) is 1. The van der Waals surface area contributed by atoms with Crippen LogP contribution >= 0.6 is 23.1 Å². The van der Waals surface area contributed by atoms with Gasteiger partial charge in [0.1, 0.15) is 0 Å². The monoisotopic (exact) mass is 300 g/mol. The maximum absolute atomic E-state index is 11.9. The Labute approximate surface area is 125 Å². The van der Waals surface area contributed by atoms with Crippen molar-refractivity contribution in [2.45, 2.75) is 4.21 Å². The third-order valence-electron chi connectivity index (χ3n) is 2.71. The Balaban J connectivity index is 1.65. The van der Waals surface area contributed by atoms with Crippen LogP contribution in [-0.4, -0.2) is 16.6 Å². The second kappa shape index (κ2) is 6.07. The van der Waals surface area contributed by atoms with Gasteiger partial charge in [0.05, 0.1) is 27.4 Å². The highest BCUT2D eigenvalue weighted by atomic mass is 32.2. The van der Waals surface area contributed by atoms with E-state index in [4.69, 9.17) is 0 Å². The first-order valence-corrected chi connectivity index (χ1v) is 7.99. The first kappa shape index (κ1) is 13.1. The van der Waals surface area contributed by atoms with Gasteiger partial charge in [-0.2, -0.15) is 0 Å². The molecular weight excluding hydrogens is 288 g/mol. The number of rotatable bonds is 4. The molecule has 1 N–H and O–H groups in total. The molecule has 1 aromatic carbocycles. The molecule has 2 heterocycles. The fourth-order valence-corrected chi connectivity index (χ4v) is 3.40. The molecule has 0 saturated carbocycles. The van der Waals surface area contributed by atoms with Crippen molar-refractivity contribution >= 4 is 45.6 Å². The van der Waals surface area contributed by atoms with Crippen LogP contribution < -0.4 is 5.32 Å². The molecule has 2 aromatic heterocycles. The lowest BCUT2D eigenvalue weighted by Crippen LogP contribution is -2.13. The average molecular weight is 300 g/mol. The molecule has 20 heavy (non-hydrogen) atoms. The number of fused-ring (bicyclic) bond motifs is 1. The maximum atomic E-state index is 11.9. The summed E-state index contributed by atoms with van der Waals surface area (Å²) in [6.07, 6.45) is 1.69. The van der Waals surface area contributed by atoms with E-state index in [-0.39, 0.29) is 5.91 Å². The number of aromatic nitrogens is 1. The summed E-state index contributed by atoms with van der Waals surface area (Å²) in [6, 6.07) is 13.8. The molecule has 100 valence electrons. The molecular formula is C15H12N2OS2. The fraction of sp³-hybridized carbons (Fsp3) is 0.0667. The van der Waals surface area contributed by atoms with Gasteiger partial charge in [0.15, 0.2) is 0 Å². The van der Waals surface area contributed by atoms with Crippen LogP contribution in [0.1, 0.15) is 0 Å². The van der Waals surface area contributed by atoms with Crippen molar-refractivity contribution < 1.29 is 4.79 Å². The van der Waals surface area contributed by atoms with E-state index in [1.165, 1.54) is 0 Å². The molecule has 3 nitrogen and oxygen atoms in total. The van der Waals surface area contributed by atoms with Crippen LogP contribution in [0.3, 0.4) is 0 Å². The first-order chi connectivity index (χ1) is 9.81. The van der Waals surface area contributed by atoms with Gasteiger partial charge in [-0.05, 0) is 23.6 Å². The van der Waals surface area contributed by atoms with E-state index in [2.05, 4.69) is 10.3 Å². The Morgan fingerprint density at radius 1 is 1.25 bits per heavy atom. The van der Waals surface area contributed by atoms with Crippen molar-refractivity contribution in [3.8, 4) is 0 Å². The number of para-hydroxylation sites is 1. The van der Waals surface area contributed by atoms with Crippen LogP contribution in [0.15, 0.2) is 58.3 Å². The lowest BCUT2D eigenvalue weighted by atomic mass is 10.2. The number of carbonyl (C=O) groups excluding carboxylic acids is 1. The maximum Gasteiger partial charge on any atom is 0.234 e. The normalized spacial score (nSPS) is 10.6. The third kappa shape index (κ3) is 3.18. The van der Waals surface area contributed by atoms with Gasteiger partial charge >= 0.3 is 0 Å². The Bertz CT molecular complexity index is 726. The van der Waals surface area contributed by atoms with Gasteiger partial charge in [-0.25, -0.2) is 0 Å². The smallest absolute Gasteiger partial charge is 0.234 e. The fourth-order valence-electron chi connectivity index (χ4n) is 1.82. The number of benzene rings is 1. The third-order valence-corrected chi connectivity index (χ3v) is 4.85. The number of hydrogen-bond acceptors (Lipinski definition) is 4. The van der Waals surface area contributed by atoms with Crippen LogP contribution in [0.4, 0.5) is 5.69 Å². The number of carbonyl (C=O) groups is 1. The van der Waals surface area contributed by atoms with Crippen molar-refractivity contribution in [2.24, 2.45) is 0 Å². The van der Waals surface area contributed by atoms with E-state index in [9.17, 15) is 4.79 Å². The largest absolute Gasteiger partial charge is 0.324 e. The van der Waals surface area contributed by atoms with E-state index >= 15 is 0 Å². The van der Waals surface area contributed by atoms with E-state index in [1.54, 1.807) is 29.3 Å². The number of hydrogen-bond donors (Lipinski definition) is 1. The first-order valence-electron chi connectivity index (χ1n) is 6.12. The number of thioether (sulfide) groups is 1. The highest BCUT2D eigenvalue weighted by Crippen LogP contribution is 2.23. The average Bonchev–Trinajstić information content (AvgIpc) is 2.98. The van der Waals surface area contributed by atoms with Gasteiger partial charge in [-0.15, -0.1) is 23.1 Å². The molecule has 1 amide bonds. The van der Waals surface area contributed by atoms with Gasteiger partial charge in [-0.1, -0.05) is 24.3 Å². The van der Waals surface area contributed by atoms with E-state index in [1.807, 2.05) is 47.8 Å². The minimum atomic E-state index is -0.0134. The van der Waals surface area contributed by atoms with Crippen molar-refractivity contribution in [3.63, 3.8) is 0 Å². The lowest BCUT2D eigenvalue weighted by Gasteiger charge is -2.05. The Hall–Kier alpha value is -1.85. The molecule has 3 aromatic rings. The van der Waals surface area contributed by atoms with E-state index in [0.29, 0.717) is 5.75 Å². The number of thiophene rings is 1. The van der Waals surface area contributed by atoms with Crippen LogP contribution in [-0.2, 0) is 4.79 Å². The number of amides is 1. The number of nitrogens with one attached hydrogen (secondary N) is 1. The Morgan fingerprint density at radius 3 is 3.00 bits per heavy atom. The zero-order chi connectivity index (χ0) is 13.8. The predicted molar refractivity (Wildman–Crippen MR) is 85.4 cm³/mol. The minimum Gasteiger partial charge on any atom is -0.324 e. The molecule has 3 rings (SSSR count). The van der Waals surface area contributed by atoms with Gasteiger partial charge in [0.25, 0.3) is 0 Å². The summed E-state index contributed by atoms with van der Waals surface area (Å²) in [7, 11) is 0. The molecule has 0 aliphatic heterocycles. The van der Waals surface area contributed by atoms with Crippen LogP contribution in [0.2, 0.25) is 0 Å². The number of anilines is 1. The van der Waals surface area contributed by atoms with Crippen molar-refractivity contribution in [3.05, 3.63) is 54.0 Å². The molecule has 0 aliphatic rings. The van der Waals surface area contributed by atoms with Crippen LogP contribution in [0.5, 0.6) is 0 Å². The SMILES string of the molecule is O=C(CSc1cccs1)Nc1cnc2ccccc2c1. The molecule has 0 atom stereocenters. The summed E-state index contributed by atoms with van der Waals surface area (Å²) in [5, 5.41) is 5.91. The van der Waals surface area contributed by atoms with Crippen LogP contribution in [0.25, 0.3) is 10.9 Å². The van der Waals surface area contributed by atoms with Crippen molar-refractivity contribution in [1.82, 2.24) is 4.98 Å². The summed E-state index contributed by atoms with van der Waals surface area (Å²) in [5.74, 6) is 0.397. The quantitative estimate of drug-likeness (QED) is 0.740. The van der Waals surface area contributed by atoms with Gasteiger partial charge in [0, 0.05) is 5.39 Å². The highest BCUT2D eigenvalue weighted by molar-refractivity contribution is 8.01. The van der Waals surface area contributed by atoms with Gasteiger partial charge in [-0.3, -0.25) is 9.78 Å². The lowest BCUT2D eigenvalue weighted by molar-refractivity contribution is -0.113. The Morgan fingerprint density at radius 2 is 2.15 bits per heavy atom. The van der Waals surface area contributed by atoms with Gasteiger partial charge in [0.2, 0.25) is 5.91 Å². The molecule has 0 bridgehead atoms. The minimum absolute atomic E-state index is 0.0134. The summed E-state index contributed by atoms with van der Waals surface area (Å²) in [5.41, 5.74) is 1.67. The van der Waals surface area contributed by atoms with Gasteiger partial charge < -0.3 is 5.32 Å². The zero-order valence-corrected chi connectivity index (χ0v) is 12.2. The molecule has 0 radical (unpaired) electrons. The summed E-state index contributed by atoms with van der Waals surface area (Å²) in [6.45, 7) is 0. The molecule has 0 fully saturated rings. The Kier molecular flexibility index (Phi) is 3.99. The second-order valence-electron chi connectivity index (χ2n) is 4.19. The van der Waals surface area contributed by atoms with E-state index in [0.717, 1.165) is 20.8 Å². The second-order valence-corrected chi connectivity index (χ2v) is 6.41. The zero-order valence-electron chi connectivity index (χ0n) is 10.6. The van der Waals surface area contributed by atoms with Crippen LogP contribution in [0, 0.1) is 0 Å². The molecule has 0 aliphatic carbocycles. The van der Waals surface area contributed by atoms with Crippen molar-refractivity contribution in [2.75, 3.05) is 11.1 Å². The summed E-state index contributed by atoms with van der Waals surface area (Å²) < 4.78 is 1.15. The van der Waals surface area contributed by atoms with Crippen molar-refractivity contribution in [1.29, 1.82) is 0 Å². The van der Waals surface area contributed by atoms with E-state index < -0.39 is 0 Å². The standard InChI is InChI=1S/C15H12N2OS2/c18-14(10-20-15-6-3-7-19-15)17-12-8-11-4-1-2-5-13(11)16-9-12/h1-9H,10H2,(H,17,18). The topological polar surface area (TPSA) is 42.0 Å².